The van der Waals surface area contributed by atoms with E-state index in [1.807, 2.05) is 45.3 Å². The summed E-state index contributed by atoms with van der Waals surface area (Å²) >= 11 is 0. The predicted molar refractivity (Wildman–Crippen MR) is 126 cm³/mol. The van der Waals surface area contributed by atoms with Crippen LogP contribution >= 0.6 is 0 Å². The summed E-state index contributed by atoms with van der Waals surface area (Å²) in [5.74, 6) is 1.21. The highest BCUT2D eigenvalue weighted by molar-refractivity contribution is 5.93. The van der Waals surface area contributed by atoms with E-state index >= 15 is 0 Å². The van der Waals surface area contributed by atoms with Crippen molar-refractivity contribution in [3.8, 4) is 22.9 Å². The third-order valence-electron chi connectivity index (χ3n) is 6.51. The lowest BCUT2D eigenvalue weighted by atomic mass is 10.1. The summed E-state index contributed by atoms with van der Waals surface area (Å²) < 4.78 is 15.7. The Kier molecular flexibility index (Phi) is 4.68. The van der Waals surface area contributed by atoms with Crippen LogP contribution in [0.1, 0.15) is 23.4 Å². The Bertz CT molecular complexity index is 1440. The van der Waals surface area contributed by atoms with Crippen molar-refractivity contribution in [3.63, 3.8) is 0 Å². The molecule has 1 saturated heterocycles. The summed E-state index contributed by atoms with van der Waals surface area (Å²) in [5.41, 5.74) is 5.27. The minimum absolute atomic E-state index is 0.0335. The molecule has 1 unspecified atom stereocenters. The highest BCUT2D eigenvalue weighted by atomic mass is 16.5. The molecule has 0 spiro atoms. The first-order valence-electron chi connectivity index (χ1n) is 11.3. The number of aryl methyl sites for hydroxylation is 3. The lowest BCUT2D eigenvalue weighted by molar-refractivity contribution is -0.133. The molecule has 0 radical (unpaired) electrons. The predicted octanol–water partition coefficient (Wildman–Crippen LogP) is 2.55. The zero-order valence-corrected chi connectivity index (χ0v) is 19.3. The van der Waals surface area contributed by atoms with E-state index in [9.17, 15) is 4.79 Å². The summed E-state index contributed by atoms with van der Waals surface area (Å²) in [6.07, 6.45) is 5.81. The van der Waals surface area contributed by atoms with Gasteiger partial charge in [0.1, 0.15) is 6.61 Å². The third kappa shape index (κ3) is 3.25. The molecule has 1 amide bonds. The molecule has 1 aromatic carbocycles. The standard InChI is InChI=1S/C24H25N7O3/c1-14-16-5-7-20-17-12-15(4-6-19(17)26-27-20)18-13-25-29(2)23(18)33-11-10-31-9-8-21(22(31)32)34-24(16)30(3)28-14/h4-7,12-13,21H,8-11H2,1-3H3,(H,26,27)/b7-5+. The fourth-order valence-corrected chi connectivity index (χ4v) is 4.70. The second-order valence-corrected chi connectivity index (χ2v) is 8.69. The van der Waals surface area contributed by atoms with Gasteiger partial charge in [-0.3, -0.25) is 9.89 Å². The number of benzene rings is 1. The van der Waals surface area contributed by atoms with Crippen LogP contribution in [-0.2, 0) is 18.9 Å². The van der Waals surface area contributed by atoms with Crippen molar-refractivity contribution in [3.05, 3.63) is 41.3 Å². The zero-order valence-electron chi connectivity index (χ0n) is 19.3. The Balaban J connectivity index is 1.50. The van der Waals surface area contributed by atoms with E-state index in [1.165, 1.54) is 0 Å². The van der Waals surface area contributed by atoms with Crippen molar-refractivity contribution in [2.75, 3.05) is 19.7 Å². The molecule has 3 aromatic heterocycles. The van der Waals surface area contributed by atoms with E-state index in [2.05, 4.69) is 26.5 Å². The van der Waals surface area contributed by atoms with Crippen LogP contribution in [0.4, 0.5) is 0 Å². The summed E-state index contributed by atoms with van der Waals surface area (Å²) in [4.78, 5) is 14.8. The van der Waals surface area contributed by atoms with E-state index < -0.39 is 6.10 Å². The van der Waals surface area contributed by atoms with Crippen molar-refractivity contribution >= 4 is 29.0 Å². The fraction of sp³-hybridized carbons (Fsp3) is 0.333. The molecule has 4 bridgehead atoms. The van der Waals surface area contributed by atoms with Crippen LogP contribution in [0.3, 0.4) is 0 Å². The maximum atomic E-state index is 13.0. The molecular weight excluding hydrogens is 434 g/mol. The van der Waals surface area contributed by atoms with E-state index in [4.69, 9.17) is 9.47 Å². The quantitative estimate of drug-likeness (QED) is 0.434. The molecule has 1 atom stereocenters. The van der Waals surface area contributed by atoms with Gasteiger partial charge in [-0.1, -0.05) is 6.07 Å². The van der Waals surface area contributed by atoms with Crippen LogP contribution in [0.2, 0.25) is 0 Å². The number of ether oxygens (including phenoxy) is 2. The van der Waals surface area contributed by atoms with Gasteiger partial charge < -0.3 is 14.4 Å². The van der Waals surface area contributed by atoms with Crippen molar-refractivity contribution in [2.24, 2.45) is 14.1 Å². The Morgan fingerprint density at radius 2 is 2.00 bits per heavy atom. The normalized spacial score (nSPS) is 19.0. The average Bonchev–Trinajstić information content (AvgIpc) is 3.55. The Labute approximate surface area is 195 Å². The third-order valence-corrected chi connectivity index (χ3v) is 6.51. The van der Waals surface area contributed by atoms with E-state index in [1.54, 1.807) is 20.5 Å². The summed E-state index contributed by atoms with van der Waals surface area (Å²) in [6, 6.07) is 6.08. The number of hydrogen-bond acceptors (Lipinski definition) is 6. The van der Waals surface area contributed by atoms with Gasteiger partial charge in [0.05, 0.1) is 40.8 Å². The molecule has 6 rings (SSSR count). The number of rotatable bonds is 0. The molecule has 2 aliphatic rings. The second kappa shape index (κ2) is 7.75. The van der Waals surface area contributed by atoms with Gasteiger partial charge in [-0.25, -0.2) is 9.36 Å². The lowest BCUT2D eigenvalue weighted by Gasteiger charge is -2.18. The molecule has 10 heteroatoms. The van der Waals surface area contributed by atoms with Gasteiger partial charge in [0.15, 0.2) is 6.10 Å². The van der Waals surface area contributed by atoms with Crippen molar-refractivity contribution in [1.29, 1.82) is 0 Å². The summed E-state index contributed by atoms with van der Waals surface area (Å²) in [5, 5.41) is 17.5. The van der Waals surface area contributed by atoms with Gasteiger partial charge in [-0.05, 0) is 36.8 Å². The van der Waals surface area contributed by atoms with Gasteiger partial charge in [-0.2, -0.15) is 15.3 Å². The van der Waals surface area contributed by atoms with Crippen molar-refractivity contribution < 1.29 is 14.3 Å². The number of carbonyl (C=O) groups excluding carboxylic acids is 1. The van der Waals surface area contributed by atoms with E-state index in [0.717, 1.165) is 39.0 Å². The molecule has 2 aliphatic heterocycles. The van der Waals surface area contributed by atoms with Gasteiger partial charge in [-0.15, -0.1) is 0 Å². The number of nitrogens with one attached hydrogen (secondary N) is 1. The topological polar surface area (TPSA) is 103 Å². The largest absolute Gasteiger partial charge is 0.476 e. The molecule has 5 heterocycles. The number of carbonyl (C=O) groups is 1. The highest BCUT2D eigenvalue weighted by Crippen LogP contribution is 2.33. The second-order valence-electron chi connectivity index (χ2n) is 8.69. The molecule has 4 aromatic rings. The molecule has 1 fully saturated rings. The number of hydrogen-bond donors (Lipinski definition) is 1. The maximum absolute atomic E-state index is 13.0. The average molecular weight is 460 g/mol. The number of H-pyrrole nitrogens is 1. The minimum atomic E-state index is -0.543. The number of nitrogens with zero attached hydrogens (tertiary/aromatic N) is 6. The smallest absolute Gasteiger partial charge is 0.263 e. The van der Waals surface area contributed by atoms with Gasteiger partial charge >= 0.3 is 0 Å². The summed E-state index contributed by atoms with van der Waals surface area (Å²) in [7, 11) is 3.68. The molecule has 34 heavy (non-hydrogen) atoms. The number of fused-ring (bicyclic) bond motifs is 6. The Hall–Kier alpha value is -4.08. The molecular formula is C24H25N7O3. The van der Waals surface area contributed by atoms with Crippen LogP contribution in [-0.4, -0.2) is 66.4 Å². The highest BCUT2D eigenvalue weighted by Gasteiger charge is 2.34. The molecule has 0 saturated carbocycles. The van der Waals surface area contributed by atoms with Gasteiger partial charge in [0.25, 0.3) is 5.91 Å². The number of amides is 1. The first kappa shape index (κ1) is 20.5. The molecule has 10 nitrogen and oxygen atoms in total. The van der Waals surface area contributed by atoms with Crippen LogP contribution < -0.4 is 9.47 Å². The molecule has 174 valence electrons. The first-order valence-corrected chi connectivity index (χ1v) is 11.3. The van der Waals surface area contributed by atoms with Gasteiger partial charge in [0.2, 0.25) is 11.8 Å². The maximum Gasteiger partial charge on any atom is 0.263 e. The lowest BCUT2D eigenvalue weighted by Crippen LogP contribution is -2.35. The first-order chi connectivity index (χ1) is 16.5. The Morgan fingerprint density at radius 3 is 2.88 bits per heavy atom. The number of aromatic amines is 1. The van der Waals surface area contributed by atoms with Crippen molar-refractivity contribution in [1.82, 2.24) is 34.7 Å². The van der Waals surface area contributed by atoms with E-state index in [0.29, 0.717) is 37.9 Å². The minimum Gasteiger partial charge on any atom is -0.476 e. The molecule has 0 aliphatic carbocycles. The van der Waals surface area contributed by atoms with Crippen molar-refractivity contribution in [2.45, 2.75) is 19.4 Å². The Morgan fingerprint density at radius 1 is 1.12 bits per heavy atom. The monoisotopic (exact) mass is 459 g/mol. The summed E-state index contributed by atoms with van der Waals surface area (Å²) in [6.45, 7) is 3.40. The van der Waals surface area contributed by atoms with Crippen LogP contribution in [0, 0.1) is 6.92 Å². The zero-order chi connectivity index (χ0) is 23.4. The fourth-order valence-electron chi connectivity index (χ4n) is 4.70. The molecule has 1 N–H and O–H groups in total. The SMILES string of the molecule is Cc1nn(C)c2c1/C=C/c1[nH]nc3ccc(cc13)-c1cnn(C)c1OCCN1CCC(O2)C1=O. The van der Waals surface area contributed by atoms with Crippen LogP contribution in [0.5, 0.6) is 11.8 Å². The van der Waals surface area contributed by atoms with Gasteiger partial charge in [0, 0.05) is 32.4 Å². The van der Waals surface area contributed by atoms with Crippen LogP contribution in [0.15, 0.2) is 24.4 Å². The van der Waals surface area contributed by atoms with E-state index in [-0.39, 0.29) is 5.91 Å². The number of aromatic nitrogens is 6. The van der Waals surface area contributed by atoms with Crippen LogP contribution in [0.25, 0.3) is 34.2 Å².